The molecule has 0 bridgehead atoms. The van der Waals surface area contributed by atoms with E-state index in [-0.39, 0.29) is 5.91 Å². The average molecular weight is 220 g/mol. The maximum absolute atomic E-state index is 11.3. The first-order valence-electron chi connectivity index (χ1n) is 5.60. The van der Waals surface area contributed by atoms with Crippen molar-refractivity contribution in [3.8, 4) is 0 Å². The molecule has 1 aromatic carbocycles. The summed E-state index contributed by atoms with van der Waals surface area (Å²) < 4.78 is 0. The Labute approximate surface area is 97.4 Å². The molecule has 0 aliphatic heterocycles. The Balaban J connectivity index is 2.25. The normalized spacial score (nSPS) is 10.5. The van der Waals surface area contributed by atoms with Crippen LogP contribution in [0.2, 0.25) is 0 Å². The minimum absolute atomic E-state index is 0.0807. The van der Waals surface area contributed by atoms with Crippen LogP contribution in [0.5, 0.6) is 0 Å². The fraction of sp³-hybridized carbons (Fsp3) is 0.462. The fourth-order valence-electron chi connectivity index (χ4n) is 1.51. The first kappa shape index (κ1) is 12.7. The highest BCUT2D eigenvalue weighted by Gasteiger charge is 2.01. The van der Waals surface area contributed by atoms with Crippen LogP contribution in [0.3, 0.4) is 0 Å². The first-order valence-corrected chi connectivity index (χ1v) is 5.60. The first-order chi connectivity index (χ1) is 7.58. The maximum Gasteiger partial charge on any atom is 0.234 e. The topological polar surface area (TPSA) is 32.3 Å². The van der Waals surface area contributed by atoms with Gasteiger partial charge in [0.05, 0.1) is 0 Å². The number of hydrogen-bond acceptors (Lipinski definition) is 2. The van der Waals surface area contributed by atoms with Crippen molar-refractivity contribution in [2.24, 2.45) is 0 Å². The Kier molecular flexibility index (Phi) is 4.99. The Bertz CT molecular complexity index is 330. The second-order valence-electron chi connectivity index (χ2n) is 4.27. The van der Waals surface area contributed by atoms with Gasteiger partial charge in [-0.15, -0.1) is 0 Å². The lowest BCUT2D eigenvalue weighted by molar-refractivity contribution is -0.124. The van der Waals surface area contributed by atoms with Gasteiger partial charge in [0.2, 0.25) is 5.91 Å². The molecule has 1 N–H and O–H groups in total. The monoisotopic (exact) mass is 220 g/mol. The van der Waals surface area contributed by atoms with E-state index in [1.807, 2.05) is 14.1 Å². The summed E-state index contributed by atoms with van der Waals surface area (Å²) in [5, 5.41) is 1.67. The van der Waals surface area contributed by atoms with E-state index in [0.29, 0.717) is 6.42 Å². The number of nitrogens with zero attached hydrogens (tertiary/aromatic N) is 1. The molecule has 0 spiro atoms. The molecule has 88 valence electrons. The van der Waals surface area contributed by atoms with Gasteiger partial charge < -0.3 is 0 Å². The Morgan fingerprint density at radius 1 is 1.25 bits per heavy atom. The maximum atomic E-state index is 11.3. The van der Waals surface area contributed by atoms with Gasteiger partial charge in [0.1, 0.15) is 0 Å². The van der Waals surface area contributed by atoms with Crippen LogP contribution in [0.25, 0.3) is 0 Å². The summed E-state index contributed by atoms with van der Waals surface area (Å²) >= 11 is 0. The molecule has 0 fully saturated rings. The second-order valence-corrected chi connectivity index (χ2v) is 4.27. The molecule has 0 aliphatic carbocycles. The van der Waals surface area contributed by atoms with Crippen molar-refractivity contribution in [3.05, 3.63) is 35.4 Å². The number of aryl methyl sites for hydroxylation is 2. The van der Waals surface area contributed by atoms with Crippen molar-refractivity contribution in [2.45, 2.75) is 26.2 Å². The number of amides is 1. The van der Waals surface area contributed by atoms with Crippen LogP contribution in [-0.4, -0.2) is 25.0 Å². The number of benzene rings is 1. The molecule has 0 saturated heterocycles. The SMILES string of the molecule is Cc1ccc(CCCC(=O)NN(C)C)cc1. The molecule has 3 heteroatoms. The van der Waals surface area contributed by atoms with Crippen molar-refractivity contribution in [2.75, 3.05) is 14.1 Å². The van der Waals surface area contributed by atoms with Crippen LogP contribution >= 0.6 is 0 Å². The predicted molar refractivity (Wildman–Crippen MR) is 65.9 cm³/mol. The molecule has 0 aromatic heterocycles. The minimum atomic E-state index is 0.0807. The smallest absolute Gasteiger partial charge is 0.234 e. The highest BCUT2D eigenvalue weighted by atomic mass is 16.2. The fourth-order valence-corrected chi connectivity index (χ4v) is 1.51. The van der Waals surface area contributed by atoms with Crippen molar-refractivity contribution in [3.63, 3.8) is 0 Å². The molecule has 0 atom stereocenters. The summed E-state index contributed by atoms with van der Waals surface area (Å²) in [6.45, 7) is 2.08. The molecule has 3 nitrogen and oxygen atoms in total. The molecule has 1 amide bonds. The van der Waals surface area contributed by atoms with Gasteiger partial charge in [0, 0.05) is 20.5 Å². The molecule has 0 unspecified atom stereocenters. The molecule has 1 aromatic rings. The van der Waals surface area contributed by atoms with Gasteiger partial charge in [0.25, 0.3) is 0 Å². The largest absolute Gasteiger partial charge is 0.289 e. The van der Waals surface area contributed by atoms with E-state index in [0.717, 1.165) is 12.8 Å². The van der Waals surface area contributed by atoms with E-state index < -0.39 is 0 Å². The van der Waals surface area contributed by atoms with Gasteiger partial charge in [-0.2, -0.15) is 0 Å². The average Bonchev–Trinajstić information content (AvgIpc) is 2.20. The number of nitrogens with one attached hydrogen (secondary N) is 1. The van der Waals surface area contributed by atoms with Crippen molar-refractivity contribution in [1.29, 1.82) is 0 Å². The quantitative estimate of drug-likeness (QED) is 0.769. The molecule has 0 saturated carbocycles. The number of hydrazine groups is 1. The third-order valence-corrected chi connectivity index (χ3v) is 2.34. The summed E-state index contributed by atoms with van der Waals surface area (Å²) in [5.41, 5.74) is 5.30. The minimum Gasteiger partial charge on any atom is -0.289 e. The summed E-state index contributed by atoms with van der Waals surface area (Å²) in [6, 6.07) is 8.46. The number of carbonyl (C=O) groups is 1. The molecule has 0 radical (unpaired) electrons. The standard InChI is InChI=1S/C13H20N2O/c1-11-7-9-12(10-8-11)5-4-6-13(16)14-15(2)3/h7-10H,4-6H2,1-3H3,(H,14,16). The Hall–Kier alpha value is -1.35. The van der Waals surface area contributed by atoms with Crippen LogP contribution in [0.4, 0.5) is 0 Å². The lowest BCUT2D eigenvalue weighted by Gasteiger charge is -2.11. The summed E-state index contributed by atoms with van der Waals surface area (Å²) in [4.78, 5) is 11.3. The van der Waals surface area contributed by atoms with Crippen LogP contribution in [0, 0.1) is 6.92 Å². The summed E-state index contributed by atoms with van der Waals surface area (Å²) in [6.07, 6.45) is 2.43. The van der Waals surface area contributed by atoms with Crippen LogP contribution in [-0.2, 0) is 11.2 Å². The Morgan fingerprint density at radius 3 is 2.44 bits per heavy atom. The van der Waals surface area contributed by atoms with Crippen molar-refractivity contribution < 1.29 is 4.79 Å². The van der Waals surface area contributed by atoms with Crippen molar-refractivity contribution in [1.82, 2.24) is 10.4 Å². The van der Waals surface area contributed by atoms with Gasteiger partial charge in [-0.3, -0.25) is 10.2 Å². The zero-order chi connectivity index (χ0) is 12.0. The Morgan fingerprint density at radius 2 is 1.88 bits per heavy atom. The molecular weight excluding hydrogens is 200 g/mol. The molecule has 0 heterocycles. The van der Waals surface area contributed by atoms with E-state index in [2.05, 4.69) is 36.6 Å². The number of rotatable bonds is 5. The van der Waals surface area contributed by atoms with E-state index in [1.54, 1.807) is 5.01 Å². The van der Waals surface area contributed by atoms with Gasteiger partial charge >= 0.3 is 0 Å². The van der Waals surface area contributed by atoms with Crippen LogP contribution < -0.4 is 5.43 Å². The number of carbonyl (C=O) groups excluding carboxylic acids is 1. The van der Waals surface area contributed by atoms with Gasteiger partial charge in [-0.1, -0.05) is 29.8 Å². The van der Waals surface area contributed by atoms with E-state index >= 15 is 0 Å². The van der Waals surface area contributed by atoms with Gasteiger partial charge in [-0.25, -0.2) is 5.01 Å². The van der Waals surface area contributed by atoms with Gasteiger partial charge in [0.15, 0.2) is 0 Å². The summed E-state index contributed by atoms with van der Waals surface area (Å²) in [7, 11) is 3.63. The van der Waals surface area contributed by atoms with Crippen LogP contribution in [0.1, 0.15) is 24.0 Å². The third-order valence-electron chi connectivity index (χ3n) is 2.34. The molecular formula is C13H20N2O. The molecule has 0 aliphatic rings. The highest BCUT2D eigenvalue weighted by molar-refractivity contribution is 5.75. The molecule has 1 rings (SSSR count). The summed E-state index contributed by atoms with van der Waals surface area (Å²) in [5.74, 6) is 0.0807. The zero-order valence-corrected chi connectivity index (χ0v) is 10.3. The van der Waals surface area contributed by atoms with Crippen LogP contribution in [0.15, 0.2) is 24.3 Å². The highest BCUT2D eigenvalue weighted by Crippen LogP contribution is 2.07. The zero-order valence-electron chi connectivity index (χ0n) is 10.3. The number of hydrogen-bond donors (Lipinski definition) is 1. The van der Waals surface area contributed by atoms with E-state index in [9.17, 15) is 4.79 Å². The van der Waals surface area contributed by atoms with E-state index in [1.165, 1.54) is 11.1 Å². The van der Waals surface area contributed by atoms with Gasteiger partial charge in [-0.05, 0) is 25.3 Å². The predicted octanol–water partition coefficient (Wildman–Crippen LogP) is 1.91. The van der Waals surface area contributed by atoms with E-state index in [4.69, 9.17) is 0 Å². The lowest BCUT2D eigenvalue weighted by atomic mass is 10.1. The third kappa shape index (κ3) is 4.94. The lowest BCUT2D eigenvalue weighted by Crippen LogP contribution is -2.35. The second kappa shape index (κ2) is 6.28. The van der Waals surface area contributed by atoms with Crippen molar-refractivity contribution >= 4 is 5.91 Å². The molecule has 16 heavy (non-hydrogen) atoms.